The lowest BCUT2D eigenvalue weighted by atomic mass is 9.88. The molecular weight excluding hydrogens is 326 g/mol. The highest BCUT2D eigenvalue weighted by Crippen LogP contribution is 2.37. The maximum absolute atomic E-state index is 12.4. The summed E-state index contributed by atoms with van der Waals surface area (Å²) in [6.07, 6.45) is 4.28. The molecule has 2 aliphatic rings. The zero-order valence-electron chi connectivity index (χ0n) is 13.3. The Morgan fingerprint density at radius 3 is 2.92 bits per heavy atom. The molecule has 0 bridgehead atoms. The largest absolute Gasteiger partial charge is 0.472 e. The van der Waals surface area contributed by atoms with Gasteiger partial charge in [0, 0.05) is 37.2 Å². The number of hydrogen-bond donors (Lipinski definition) is 0. The molecule has 24 heavy (non-hydrogen) atoms. The summed E-state index contributed by atoms with van der Waals surface area (Å²) in [5.41, 5.74) is 2.07. The van der Waals surface area contributed by atoms with Gasteiger partial charge in [-0.3, -0.25) is 4.79 Å². The molecule has 0 N–H and O–H groups in total. The SMILES string of the molecule is O=C(c1cscn1)N1CCC2(CC1)C[C@H](Oc1ccccn1)CO2. The number of pyridine rings is 1. The molecule has 126 valence electrons. The van der Waals surface area contributed by atoms with Gasteiger partial charge in [-0.1, -0.05) is 6.07 Å². The molecule has 1 atom stereocenters. The molecule has 2 aromatic rings. The molecule has 6 nitrogen and oxygen atoms in total. The summed E-state index contributed by atoms with van der Waals surface area (Å²) in [6.45, 7) is 1.98. The first-order valence-electron chi connectivity index (χ1n) is 8.13. The highest BCUT2D eigenvalue weighted by Gasteiger charge is 2.44. The van der Waals surface area contributed by atoms with Gasteiger partial charge in [-0.15, -0.1) is 11.3 Å². The monoisotopic (exact) mass is 345 g/mol. The normalized spacial score (nSPS) is 22.7. The number of aromatic nitrogens is 2. The van der Waals surface area contributed by atoms with Crippen LogP contribution in [0.5, 0.6) is 5.88 Å². The second kappa shape index (κ2) is 6.49. The van der Waals surface area contributed by atoms with Gasteiger partial charge in [0.25, 0.3) is 5.91 Å². The number of piperidine rings is 1. The lowest BCUT2D eigenvalue weighted by Crippen LogP contribution is -2.46. The Labute approximate surface area is 144 Å². The maximum Gasteiger partial charge on any atom is 0.273 e. The standard InChI is InChI=1S/C17H19N3O3S/c21-16(14-11-24-12-19-14)20-7-4-17(5-8-20)9-13(10-22-17)23-15-3-1-2-6-18-15/h1-3,6,11-13H,4-5,7-10H2/t13-/m0/s1. The van der Waals surface area contributed by atoms with E-state index in [4.69, 9.17) is 9.47 Å². The Kier molecular flexibility index (Phi) is 4.20. The molecule has 4 rings (SSSR count). The highest BCUT2D eigenvalue weighted by atomic mass is 32.1. The first kappa shape index (κ1) is 15.5. The molecular formula is C17H19N3O3S. The van der Waals surface area contributed by atoms with Crippen molar-refractivity contribution in [2.75, 3.05) is 19.7 Å². The van der Waals surface area contributed by atoms with Gasteiger partial charge >= 0.3 is 0 Å². The topological polar surface area (TPSA) is 64.6 Å². The fraction of sp³-hybridized carbons (Fsp3) is 0.471. The third-order valence-electron chi connectivity index (χ3n) is 4.71. The Balaban J connectivity index is 1.33. The molecule has 0 unspecified atom stereocenters. The fourth-order valence-corrected chi connectivity index (χ4v) is 3.94. The molecule has 2 saturated heterocycles. The minimum absolute atomic E-state index is 0.0189. The van der Waals surface area contributed by atoms with Crippen molar-refractivity contribution in [3.63, 3.8) is 0 Å². The van der Waals surface area contributed by atoms with Crippen molar-refractivity contribution >= 4 is 17.2 Å². The summed E-state index contributed by atoms with van der Waals surface area (Å²) in [5.74, 6) is 0.657. The molecule has 0 aliphatic carbocycles. The van der Waals surface area contributed by atoms with Crippen LogP contribution in [0, 0.1) is 0 Å². The predicted octanol–water partition coefficient (Wildman–Crippen LogP) is 2.38. The zero-order valence-corrected chi connectivity index (χ0v) is 14.1. The first-order chi connectivity index (χ1) is 11.7. The van der Waals surface area contributed by atoms with Crippen LogP contribution >= 0.6 is 11.3 Å². The van der Waals surface area contributed by atoms with Crippen molar-refractivity contribution in [3.8, 4) is 5.88 Å². The number of hydrogen-bond acceptors (Lipinski definition) is 6. The summed E-state index contributed by atoms with van der Waals surface area (Å²) in [6, 6.07) is 5.64. The van der Waals surface area contributed by atoms with Gasteiger partial charge in [0.1, 0.15) is 11.8 Å². The molecule has 2 aliphatic heterocycles. The van der Waals surface area contributed by atoms with Crippen molar-refractivity contribution in [2.45, 2.75) is 31.0 Å². The number of nitrogens with zero attached hydrogens (tertiary/aromatic N) is 3. The van der Waals surface area contributed by atoms with Crippen molar-refractivity contribution < 1.29 is 14.3 Å². The van der Waals surface area contributed by atoms with Crippen molar-refractivity contribution in [1.82, 2.24) is 14.9 Å². The van der Waals surface area contributed by atoms with E-state index in [2.05, 4.69) is 9.97 Å². The van der Waals surface area contributed by atoms with Gasteiger partial charge in [-0.05, 0) is 18.9 Å². The van der Waals surface area contributed by atoms with Crippen LogP contribution < -0.4 is 4.74 Å². The number of ether oxygens (including phenoxy) is 2. The molecule has 4 heterocycles. The number of likely N-dealkylation sites (tertiary alicyclic amines) is 1. The number of carbonyl (C=O) groups is 1. The van der Waals surface area contributed by atoms with Gasteiger partial charge < -0.3 is 14.4 Å². The van der Waals surface area contributed by atoms with Crippen LogP contribution in [-0.4, -0.2) is 52.2 Å². The quantitative estimate of drug-likeness (QED) is 0.855. The van der Waals surface area contributed by atoms with Crippen LogP contribution in [0.2, 0.25) is 0 Å². The predicted molar refractivity (Wildman–Crippen MR) is 89.2 cm³/mol. The lowest BCUT2D eigenvalue weighted by molar-refractivity contribution is -0.0396. The van der Waals surface area contributed by atoms with Gasteiger partial charge in [-0.25, -0.2) is 9.97 Å². The minimum atomic E-state index is -0.168. The Morgan fingerprint density at radius 1 is 1.33 bits per heavy atom. The van der Waals surface area contributed by atoms with E-state index in [0.717, 1.165) is 19.3 Å². The molecule has 2 aromatic heterocycles. The van der Waals surface area contributed by atoms with Crippen LogP contribution in [-0.2, 0) is 4.74 Å². The zero-order chi connectivity index (χ0) is 16.4. The summed E-state index contributed by atoms with van der Waals surface area (Å²) in [5, 5.41) is 1.80. The summed E-state index contributed by atoms with van der Waals surface area (Å²) in [4.78, 5) is 22.5. The average molecular weight is 345 g/mol. The maximum atomic E-state index is 12.4. The molecule has 1 amide bonds. The van der Waals surface area contributed by atoms with Gasteiger partial charge in [0.05, 0.1) is 17.7 Å². The van der Waals surface area contributed by atoms with Crippen LogP contribution in [0.15, 0.2) is 35.3 Å². The Hall–Kier alpha value is -1.99. The van der Waals surface area contributed by atoms with E-state index in [-0.39, 0.29) is 17.6 Å². The molecule has 0 saturated carbocycles. The third-order valence-corrected chi connectivity index (χ3v) is 5.30. The highest BCUT2D eigenvalue weighted by molar-refractivity contribution is 7.07. The van der Waals surface area contributed by atoms with Gasteiger partial charge in [0.15, 0.2) is 0 Å². The first-order valence-corrected chi connectivity index (χ1v) is 9.08. The molecule has 0 aromatic carbocycles. The smallest absolute Gasteiger partial charge is 0.273 e. The van der Waals surface area contributed by atoms with Crippen LogP contribution in [0.4, 0.5) is 0 Å². The summed E-state index contributed by atoms with van der Waals surface area (Å²) < 4.78 is 12.0. The molecule has 2 fully saturated rings. The van der Waals surface area contributed by atoms with E-state index in [1.807, 2.05) is 23.1 Å². The van der Waals surface area contributed by atoms with E-state index in [9.17, 15) is 4.79 Å². The van der Waals surface area contributed by atoms with E-state index in [0.29, 0.717) is 31.3 Å². The van der Waals surface area contributed by atoms with Crippen LogP contribution in [0.1, 0.15) is 29.8 Å². The second-order valence-corrected chi connectivity index (χ2v) is 6.99. The molecule has 1 spiro atoms. The van der Waals surface area contributed by atoms with E-state index < -0.39 is 0 Å². The van der Waals surface area contributed by atoms with Gasteiger partial charge in [0.2, 0.25) is 5.88 Å². The van der Waals surface area contributed by atoms with Crippen LogP contribution in [0.25, 0.3) is 0 Å². The van der Waals surface area contributed by atoms with Gasteiger partial charge in [-0.2, -0.15) is 0 Å². The van der Waals surface area contributed by atoms with Crippen LogP contribution in [0.3, 0.4) is 0 Å². The number of thiazole rings is 1. The van der Waals surface area contributed by atoms with E-state index in [1.165, 1.54) is 11.3 Å². The van der Waals surface area contributed by atoms with Crippen molar-refractivity contribution in [2.24, 2.45) is 0 Å². The average Bonchev–Trinajstić information content (AvgIpc) is 3.27. The summed E-state index contributed by atoms with van der Waals surface area (Å²) >= 11 is 1.45. The third kappa shape index (κ3) is 3.14. The Morgan fingerprint density at radius 2 is 2.21 bits per heavy atom. The lowest BCUT2D eigenvalue weighted by Gasteiger charge is -2.38. The molecule has 0 radical (unpaired) electrons. The summed E-state index contributed by atoms with van der Waals surface area (Å²) in [7, 11) is 0. The van der Waals surface area contributed by atoms with Crippen molar-refractivity contribution in [1.29, 1.82) is 0 Å². The minimum Gasteiger partial charge on any atom is -0.472 e. The fourth-order valence-electron chi connectivity index (χ4n) is 3.41. The van der Waals surface area contributed by atoms with E-state index >= 15 is 0 Å². The van der Waals surface area contributed by atoms with Crippen molar-refractivity contribution in [3.05, 3.63) is 41.0 Å². The molecule has 7 heteroatoms. The Bertz CT molecular complexity index is 684. The second-order valence-electron chi connectivity index (χ2n) is 6.27. The number of rotatable bonds is 3. The number of amides is 1. The van der Waals surface area contributed by atoms with E-state index in [1.54, 1.807) is 17.1 Å². The number of carbonyl (C=O) groups excluding carboxylic acids is 1.